The van der Waals surface area contributed by atoms with E-state index in [4.69, 9.17) is 9.47 Å². The lowest BCUT2D eigenvalue weighted by Crippen LogP contribution is -2.24. The van der Waals surface area contributed by atoms with Gasteiger partial charge in [0.25, 0.3) is 0 Å². The van der Waals surface area contributed by atoms with E-state index in [-0.39, 0.29) is 23.8 Å². The second-order valence-corrected chi connectivity index (χ2v) is 6.98. The molecule has 0 atom stereocenters. The summed E-state index contributed by atoms with van der Waals surface area (Å²) in [6.45, 7) is 6.24. The molecule has 0 fully saturated rings. The molecule has 2 aliphatic rings. The lowest BCUT2D eigenvalue weighted by molar-refractivity contribution is -0.139. The number of ether oxygens (including phenoxy) is 2. The summed E-state index contributed by atoms with van der Waals surface area (Å²) in [5, 5.41) is 0. The van der Waals surface area contributed by atoms with Crippen LogP contribution in [0.1, 0.15) is 30.5 Å². The zero-order chi connectivity index (χ0) is 21.3. The number of allylic oxidation sites excluding steroid dienone is 1. The van der Waals surface area contributed by atoms with Gasteiger partial charge in [0.1, 0.15) is 5.82 Å². The number of carbonyl (C=O) groups excluding carboxylic acids is 2. The molecule has 7 heteroatoms. The molecule has 0 spiro atoms. The van der Waals surface area contributed by atoms with Crippen molar-refractivity contribution >= 4 is 35.5 Å². The highest BCUT2D eigenvalue weighted by Crippen LogP contribution is 2.38. The molecule has 3 heterocycles. The number of esters is 1. The molecule has 0 saturated heterocycles. The Morgan fingerprint density at radius 1 is 1.37 bits per heavy atom. The quantitative estimate of drug-likeness (QED) is 0.354. The summed E-state index contributed by atoms with van der Waals surface area (Å²) in [6, 6.07) is 7.89. The highest BCUT2D eigenvalue weighted by Gasteiger charge is 2.41. The maximum Gasteiger partial charge on any atom is 0.347 e. The molecule has 4 rings (SSSR count). The van der Waals surface area contributed by atoms with Crippen LogP contribution in [0.3, 0.4) is 0 Å². The largest absolute Gasteiger partial charge is 0.462 e. The Morgan fingerprint density at radius 2 is 2.17 bits per heavy atom. The highest BCUT2D eigenvalue weighted by atomic mass is 16.5. The molecule has 0 amide bonds. The standard InChI is InChI=1S/C23H23N3O4/c1-4-24-21-14(3)16(13-25-21)12-18-20(27)19(23(28)29-5-2)22(30-18)26-11-10-15-8-6-7-9-17(15)26/h4,6-9,12-13,25H,5,10-11H2,1-3H3/b18-12-,24-4?. The predicted octanol–water partition coefficient (Wildman–Crippen LogP) is 3.82. The van der Waals surface area contributed by atoms with Crippen molar-refractivity contribution in [1.82, 2.24) is 4.98 Å². The van der Waals surface area contributed by atoms with Crippen LogP contribution in [0.5, 0.6) is 0 Å². The molecule has 30 heavy (non-hydrogen) atoms. The minimum Gasteiger partial charge on any atom is -0.462 e. The normalized spacial score (nSPS) is 17.2. The molecule has 1 N–H and O–H groups in total. The number of para-hydroxylation sites is 1. The molecule has 1 aromatic heterocycles. The summed E-state index contributed by atoms with van der Waals surface area (Å²) >= 11 is 0. The van der Waals surface area contributed by atoms with Crippen LogP contribution in [0.25, 0.3) is 6.08 Å². The Labute approximate surface area is 174 Å². The van der Waals surface area contributed by atoms with Crippen molar-refractivity contribution in [3.05, 3.63) is 64.4 Å². The third-order valence-corrected chi connectivity index (χ3v) is 5.18. The van der Waals surface area contributed by atoms with E-state index in [9.17, 15) is 9.59 Å². The van der Waals surface area contributed by atoms with Crippen LogP contribution in [-0.4, -0.2) is 36.1 Å². The van der Waals surface area contributed by atoms with E-state index in [1.165, 1.54) is 0 Å². The summed E-state index contributed by atoms with van der Waals surface area (Å²) in [7, 11) is 0. The first-order valence-electron chi connectivity index (χ1n) is 9.92. The van der Waals surface area contributed by atoms with Crippen LogP contribution in [-0.2, 0) is 25.5 Å². The number of nitrogens with one attached hydrogen (secondary N) is 1. The predicted molar refractivity (Wildman–Crippen MR) is 115 cm³/mol. The Bertz CT molecular complexity index is 1110. The van der Waals surface area contributed by atoms with Gasteiger partial charge >= 0.3 is 5.97 Å². The molecule has 0 saturated carbocycles. The fourth-order valence-corrected chi connectivity index (χ4v) is 3.69. The number of benzene rings is 1. The number of carbonyl (C=O) groups is 2. The van der Waals surface area contributed by atoms with Crippen molar-refractivity contribution in [3.8, 4) is 0 Å². The number of aliphatic imine (C=N–C) groups is 1. The van der Waals surface area contributed by atoms with E-state index in [2.05, 4.69) is 9.98 Å². The zero-order valence-corrected chi connectivity index (χ0v) is 17.2. The first-order chi connectivity index (χ1) is 14.5. The van der Waals surface area contributed by atoms with Crippen LogP contribution in [0.2, 0.25) is 0 Å². The van der Waals surface area contributed by atoms with E-state index >= 15 is 0 Å². The Balaban J connectivity index is 1.74. The van der Waals surface area contributed by atoms with Gasteiger partial charge in [-0.2, -0.15) is 0 Å². The molecule has 7 nitrogen and oxygen atoms in total. The van der Waals surface area contributed by atoms with Gasteiger partial charge in [-0.25, -0.2) is 9.79 Å². The number of hydrogen-bond donors (Lipinski definition) is 1. The SMILES string of the molecule is CC=Nc1[nH]cc(/C=C2\OC(N3CCc4ccccc43)=C(C(=O)OCC)C2=O)c1C. The number of nitrogens with zero attached hydrogens (tertiary/aromatic N) is 2. The number of rotatable bonds is 5. The van der Waals surface area contributed by atoms with E-state index < -0.39 is 11.8 Å². The van der Waals surface area contributed by atoms with E-state index in [1.807, 2.05) is 43.0 Å². The lowest BCUT2D eigenvalue weighted by atomic mass is 10.1. The third-order valence-electron chi connectivity index (χ3n) is 5.18. The maximum absolute atomic E-state index is 13.1. The summed E-state index contributed by atoms with van der Waals surface area (Å²) in [5.74, 6) is -0.121. The van der Waals surface area contributed by atoms with Crippen molar-refractivity contribution in [3.63, 3.8) is 0 Å². The molecule has 0 bridgehead atoms. The number of aromatic amines is 1. The van der Waals surface area contributed by atoms with Gasteiger partial charge in [-0.3, -0.25) is 4.79 Å². The summed E-state index contributed by atoms with van der Waals surface area (Å²) in [5.41, 5.74) is 3.66. The number of hydrogen-bond acceptors (Lipinski definition) is 6. The molecule has 1 aromatic carbocycles. The number of Topliss-reactive ketones (excluding diaryl/α,β-unsaturated/α-hetero) is 1. The Hall–Kier alpha value is -3.61. The molecule has 154 valence electrons. The molecule has 0 unspecified atom stereocenters. The van der Waals surface area contributed by atoms with Gasteiger partial charge in [-0.1, -0.05) is 18.2 Å². The number of H-pyrrole nitrogens is 1. The van der Waals surface area contributed by atoms with Crippen molar-refractivity contribution in [2.45, 2.75) is 27.2 Å². The van der Waals surface area contributed by atoms with Gasteiger partial charge in [0.05, 0.1) is 6.61 Å². The van der Waals surface area contributed by atoms with Gasteiger partial charge in [-0.05, 0) is 44.9 Å². The first kappa shape index (κ1) is 19.7. The van der Waals surface area contributed by atoms with E-state index in [0.717, 1.165) is 28.8 Å². The molecular weight excluding hydrogens is 382 g/mol. The number of aromatic nitrogens is 1. The van der Waals surface area contributed by atoms with Gasteiger partial charge in [0.2, 0.25) is 11.7 Å². The topological polar surface area (TPSA) is 84.0 Å². The number of fused-ring (bicyclic) bond motifs is 1. The molecule has 0 aliphatic carbocycles. The van der Waals surface area contributed by atoms with Crippen LogP contribution in [0, 0.1) is 6.92 Å². The minimum absolute atomic E-state index is 0.0696. The van der Waals surface area contributed by atoms with Crippen LogP contribution in [0.4, 0.5) is 11.5 Å². The third kappa shape index (κ3) is 3.32. The van der Waals surface area contributed by atoms with Crippen molar-refractivity contribution in [1.29, 1.82) is 0 Å². The fraction of sp³-hybridized carbons (Fsp3) is 0.261. The van der Waals surface area contributed by atoms with Crippen molar-refractivity contribution in [2.24, 2.45) is 4.99 Å². The summed E-state index contributed by atoms with van der Waals surface area (Å²) in [4.78, 5) is 35.0. The molecular formula is C23H23N3O4. The van der Waals surface area contributed by atoms with Gasteiger partial charge in [-0.15, -0.1) is 0 Å². The number of anilines is 1. The first-order valence-corrected chi connectivity index (χ1v) is 9.92. The summed E-state index contributed by atoms with van der Waals surface area (Å²) in [6.07, 6.45) is 5.89. The zero-order valence-electron chi connectivity index (χ0n) is 17.2. The van der Waals surface area contributed by atoms with Crippen molar-refractivity contribution in [2.75, 3.05) is 18.1 Å². The maximum atomic E-state index is 13.1. The molecule has 0 radical (unpaired) electrons. The average Bonchev–Trinajstić information content (AvgIpc) is 3.40. The summed E-state index contributed by atoms with van der Waals surface area (Å²) < 4.78 is 11.1. The molecule has 2 aliphatic heterocycles. The highest BCUT2D eigenvalue weighted by molar-refractivity contribution is 6.26. The second-order valence-electron chi connectivity index (χ2n) is 6.98. The van der Waals surface area contributed by atoms with E-state index in [0.29, 0.717) is 12.4 Å². The second kappa shape index (κ2) is 8.02. The average molecular weight is 405 g/mol. The fourth-order valence-electron chi connectivity index (χ4n) is 3.69. The Kier molecular flexibility index (Phi) is 5.27. The molecule has 2 aromatic rings. The van der Waals surface area contributed by atoms with Crippen LogP contribution in [0.15, 0.2) is 52.7 Å². The van der Waals surface area contributed by atoms with Gasteiger partial charge in [0.15, 0.2) is 11.3 Å². The minimum atomic E-state index is -0.674. The van der Waals surface area contributed by atoms with Gasteiger partial charge < -0.3 is 19.4 Å². The van der Waals surface area contributed by atoms with Crippen LogP contribution < -0.4 is 4.90 Å². The Morgan fingerprint density at radius 3 is 2.93 bits per heavy atom. The smallest absolute Gasteiger partial charge is 0.347 e. The van der Waals surface area contributed by atoms with E-state index in [1.54, 1.807) is 25.4 Å². The monoisotopic (exact) mass is 405 g/mol. The lowest BCUT2D eigenvalue weighted by Gasteiger charge is -2.20. The number of ketones is 1. The van der Waals surface area contributed by atoms with Crippen LogP contribution >= 0.6 is 0 Å². The van der Waals surface area contributed by atoms with Gasteiger partial charge in [0, 0.05) is 35.8 Å². The van der Waals surface area contributed by atoms with Crippen molar-refractivity contribution < 1.29 is 19.1 Å².